The second-order valence-corrected chi connectivity index (χ2v) is 7.99. The fourth-order valence-electron chi connectivity index (χ4n) is 3.75. The second kappa shape index (κ2) is 9.64. The smallest absolute Gasteiger partial charge is 0.257 e. The summed E-state index contributed by atoms with van der Waals surface area (Å²) in [5.41, 5.74) is 0.344. The molecule has 11 heteroatoms. The average Bonchev–Trinajstić information content (AvgIpc) is 2.82. The number of carbonyl (C=O) groups is 1. The molecule has 8 nitrogen and oxygen atoms in total. The zero-order chi connectivity index (χ0) is 24.3. The summed E-state index contributed by atoms with van der Waals surface area (Å²) >= 11 is 0. The van der Waals surface area contributed by atoms with Crippen LogP contribution in [0, 0.1) is 11.0 Å². The van der Waals surface area contributed by atoms with Crippen LogP contribution >= 0.6 is 0 Å². The lowest BCUT2D eigenvalue weighted by molar-refractivity contribution is -0.605. The lowest BCUT2D eigenvalue weighted by Crippen LogP contribution is -2.52. The van der Waals surface area contributed by atoms with Crippen LogP contribution in [0.15, 0.2) is 61.2 Å². The highest BCUT2D eigenvalue weighted by Crippen LogP contribution is 2.40. The number of hydrogen-bond acceptors (Lipinski definition) is 6. The van der Waals surface area contributed by atoms with Gasteiger partial charge in [0.05, 0.1) is 18.2 Å². The third-order valence-electron chi connectivity index (χ3n) is 5.74. The number of pyridine rings is 3. The van der Waals surface area contributed by atoms with E-state index in [1.165, 1.54) is 61.2 Å². The largest absolute Gasteiger partial charge is 0.619 e. The number of piperidine rings is 1. The maximum Gasteiger partial charge on any atom is 0.257 e. The van der Waals surface area contributed by atoms with E-state index in [4.69, 9.17) is 4.74 Å². The molecule has 3 aromatic rings. The van der Waals surface area contributed by atoms with Gasteiger partial charge in [-0.2, -0.15) is 4.73 Å². The van der Waals surface area contributed by atoms with Crippen molar-refractivity contribution in [3.8, 4) is 11.6 Å². The van der Waals surface area contributed by atoms with Gasteiger partial charge >= 0.3 is 0 Å². The van der Waals surface area contributed by atoms with E-state index < -0.39 is 36.0 Å². The van der Waals surface area contributed by atoms with Gasteiger partial charge in [-0.1, -0.05) is 0 Å². The molecule has 2 unspecified atom stereocenters. The average molecular weight is 473 g/mol. The molecule has 0 aromatic carbocycles. The van der Waals surface area contributed by atoms with Crippen LogP contribution in [0.1, 0.15) is 24.8 Å². The Bertz CT molecular complexity index is 1150. The van der Waals surface area contributed by atoms with Crippen LogP contribution in [0.4, 0.5) is 19.0 Å². The molecule has 1 amide bonds. The summed E-state index contributed by atoms with van der Waals surface area (Å²) in [7, 11) is 0. The van der Waals surface area contributed by atoms with Crippen molar-refractivity contribution in [1.82, 2.24) is 14.9 Å². The van der Waals surface area contributed by atoms with Crippen molar-refractivity contribution in [3.63, 3.8) is 0 Å². The highest BCUT2D eigenvalue weighted by Gasteiger charge is 2.46. The molecule has 0 spiro atoms. The lowest BCUT2D eigenvalue weighted by atomic mass is 9.87. The van der Waals surface area contributed by atoms with Crippen molar-refractivity contribution < 1.29 is 27.4 Å². The molecule has 0 radical (unpaired) electrons. The molecule has 1 fully saturated rings. The molecule has 1 N–H and O–H groups in total. The summed E-state index contributed by atoms with van der Waals surface area (Å²) in [6.45, 7) is 1.64. The number of rotatable bonds is 6. The molecule has 0 saturated carbocycles. The number of likely N-dealkylation sites (tertiary alicyclic amines) is 1. The number of anilines is 1. The van der Waals surface area contributed by atoms with Gasteiger partial charge in [-0.3, -0.25) is 9.69 Å². The van der Waals surface area contributed by atoms with E-state index in [0.29, 0.717) is 10.3 Å². The topological polar surface area (TPSA) is 94.3 Å². The highest BCUT2D eigenvalue weighted by molar-refractivity contribution is 5.93. The van der Waals surface area contributed by atoms with E-state index in [2.05, 4.69) is 15.3 Å². The van der Waals surface area contributed by atoms with Crippen LogP contribution in [-0.4, -0.2) is 45.8 Å². The van der Waals surface area contributed by atoms with Gasteiger partial charge in [0, 0.05) is 37.8 Å². The molecule has 4 rings (SSSR count). The molecule has 1 aliphatic heterocycles. The van der Waals surface area contributed by atoms with Crippen LogP contribution in [0.2, 0.25) is 0 Å². The normalized spacial score (nSPS) is 18.8. The number of carbonyl (C=O) groups excluding carboxylic acids is 1. The minimum Gasteiger partial charge on any atom is -0.619 e. The number of ether oxygens (including phenoxy) is 1. The van der Waals surface area contributed by atoms with E-state index in [1.54, 1.807) is 11.8 Å². The van der Waals surface area contributed by atoms with E-state index in [-0.39, 0.29) is 30.5 Å². The summed E-state index contributed by atoms with van der Waals surface area (Å²) in [5.74, 6) is -4.87. The third kappa shape index (κ3) is 5.25. The van der Waals surface area contributed by atoms with E-state index in [0.717, 1.165) is 0 Å². The van der Waals surface area contributed by atoms with E-state index >= 15 is 0 Å². The van der Waals surface area contributed by atoms with Crippen molar-refractivity contribution in [2.45, 2.75) is 31.2 Å². The highest BCUT2D eigenvalue weighted by atomic mass is 19.3. The molecule has 1 saturated heterocycles. The molecular weight excluding hydrogens is 451 g/mol. The Labute approximate surface area is 193 Å². The summed E-state index contributed by atoms with van der Waals surface area (Å²) in [6.07, 6.45) is 4.66. The van der Waals surface area contributed by atoms with Gasteiger partial charge < -0.3 is 15.3 Å². The third-order valence-corrected chi connectivity index (χ3v) is 5.74. The van der Waals surface area contributed by atoms with Gasteiger partial charge in [-0.05, 0) is 36.8 Å². The first-order chi connectivity index (χ1) is 16.2. The zero-order valence-corrected chi connectivity index (χ0v) is 18.2. The predicted molar refractivity (Wildman–Crippen MR) is 116 cm³/mol. The number of amides is 1. The van der Waals surface area contributed by atoms with Gasteiger partial charge in [0.1, 0.15) is 11.6 Å². The predicted octanol–water partition coefficient (Wildman–Crippen LogP) is 3.49. The number of halogens is 3. The summed E-state index contributed by atoms with van der Waals surface area (Å²) in [4.78, 5) is 22.3. The first kappa shape index (κ1) is 23.4. The van der Waals surface area contributed by atoms with Crippen molar-refractivity contribution in [3.05, 3.63) is 77.8 Å². The van der Waals surface area contributed by atoms with E-state index in [1.807, 2.05) is 0 Å². The quantitative estimate of drug-likeness (QED) is 0.435. The van der Waals surface area contributed by atoms with Crippen molar-refractivity contribution >= 4 is 11.7 Å². The van der Waals surface area contributed by atoms with Gasteiger partial charge in [-0.25, -0.2) is 23.1 Å². The summed E-state index contributed by atoms with van der Waals surface area (Å²) < 4.78 is 48.7. The molecule has 0 aliphatic carbocycles. The number of nitrogens with one attached hydrogen (secondary N) is 1. The first-order valence-electron chi connectivity index (χ1n) is 10.6. The van der Waals surface area contributed by atoms with Crippen LogP contribution in [-0.2, 0) is 4.79 Å². The maximum absolute atomic E-state index is 14.6. The Morgan fingerprint density at radius 2 is 2.03 bits per heavy atom. The van der Waals surface area contributed by atoms with E-state index in [9.17, 15) is 23.2 Å². The standard InChI is InChI=1S/C23H22F3N5O3/c1-15(30-12-8-23(25,26)18(14-30)16-6-10-31(33)11-7-16)21(32)29-20-5-4-17(13-28-20)34-22-19(24)3-2-9-27-22/h2-7,9-11,13,15,18H,8,12,14H2,1H3,(H,28,29,32). The molecule has 4 heterocycles. The van der Waals surface area contributed by atoms with Gasteiger partial charge in [0.2, 0.25) is 5.91 Å². The monoisotopic (exact) mass is 473 g/mol. The van der Waals surface area contributed by atoms with Crippen LogP contribution in [0.3, 0.4) is 0 Å². The fourth-order valence-corrected chi connectivity index (χ4v) is 3.75. The minimum atomic E-state index is -2.95. The molecule has 1 aliphatic rings. The maximum atomic E-state index is 14.6. The second-order valence-electron chi connectivity index (χ2n) is 7.99. The summed E-state index contributed by atoms with van der Waals surface area (Å²) in [6, 6.07) is 7.69. The Hall–Kier alpha value is -3.73. The molecular formula is C23H22F3N5O3. The molecule has 2 atom stereocenters. The Morgan fingerprint density at radius 1 is 1.26 bits per heavy atom. The van der Waals surface area contributed by atoms with Crippen LogP contribution < -0.4 is 14.8 Å². The van der Waals surface area contributed by atoms with Crippen molar-refractivity contribution in [2.24, 2.45) is 0 Å². The Kier molecular flexibility index (Phi) is 6.64. The number of aromatic nitrogens is 3. The Balaban J connectivity index is 1.39. The first-order valence-corrected chi connectivity index (χ1v) is 10.6. The van der Waals surface area contributed by atoms with Crippen molar-refractivity contribution in [2.75, 3.05) is 18.4 Å². The fraction of sp³-hybridized carbons (Fsp3) is 0.304. The molecule has 3 aromatic heterocycles. The van der Waals surface area contributed by atoms with Gasteiger partial charge in [0.15, 0.2) is 18.2 Å². The van der Waals surface area contributed by atoms with Gasteiger partial charge in [-0.15, -0.1) is 0 Å². The van der Waals surface area contributed by atoms with Crippen LogP contribution in [0.25, 0.3) is 0 Å². The number of alkyl halides is 2. The molecule has 0 bridgehead atoms. The number of nitrogens with zero attached hydrogens (tertiary/aromatic N) is 4. The number of hydrogen-bond donors (Lipinski definition) is 1. The summed E-state index contributed by atoms with van der Waals surface area (Å²) in [5, 5.41) is 13.9. The van der Waals surface area contributed by atoms with Crippen LogP contribution in [0.5, 0.6) is 11.6 Å². The minimum absolute atomic E-state index is 0.0414. The zero-order valence-electron chi connectivity index (χ0n) is 18.2. The molecule has 34 heavy (non-hydrogen) atoms. The van der Waals surface area contributed by atoms with Gasteiger partial charge in [0.25, 0.3) is 11.8 Å². The van der Waals surface area contributed by atoms with Crippen molar-refractivity contribution in [1.29, 1.82) is 0 Å². The lowest BCUT2D eigenvalue weighted by Gasteiger charge is -2.40. The SMILES string of the molecule is CC(C(=O)Nc1ccc(Oc2ncccc2F)cn1)N1CCC(F)(F)C(c2cc[n+]([O-])cc2)C1. The Morgan fingerprint density at radius 3 is 2.71 bits per heavy atom. The molecule has 178 valence electrons.